The molecule has 0 saturated carbocycles. The van der Waals surface area contributed by atoms with Crippen LogP contribution in [-0.4, -0.2) is 32.3 Å². The number of benzene rings is 3. The Hall–Kier alpha value is -4.06. The molecule has 5 aromatic rings. The molecule has 0 aliphatic carbocycles. The fraction of sp³-hybridized carbons (Fsp3) is 0.0435. The van der Waals surface area contributed by atoms with E-state index in [2.05, 4.69) is 50.7 Å². The van der Waals surface area contributed by atoms with Gasteiger partial charge in [-0.2, -0.15) is 0 Å². The van der Waals surface area contributed by atoms with E-state index in [1.165, 1.54) is 15.6 Å². The Morgan fingerprint density at radius 3 is 2.55 bits per heavy atom. The maximum atomic E-state index is 5.70. The Bertz CT molecular complexity index is 1290. The third kappa shape index (κ3) is 3.10. The number of nitrogens with zero attached hydrogens (tertiary/aromatic N) is 5. The number of rotatable bonds is 4. The first-order chi connectivity index (χ1) is 14.3. The molecule has 0 spiro atoms. The molecule has 0 fully saturated rings. The standard InChI is InChI=1S/C23H17N5O/c1-29-22-15-17(28-26-23(25-27-28)21-11-4-5-14-24-21)12-13-20(22)19-10-6-8-16-7-2-3-9-18(16)19/h2-15H,1H3. The van der Waals surface area contributed by atoms with E-state index in [0.717, 1.165) is 22.6 Å². The van der Waals surface area contributed by atoms with E-state index in [9.17, 15) is 0 Å². The number of pyridine rings is 1. The SMILES string of the molecule is COc1cc(-n2nnc(-c3ccccn3)n2)ccc1-c1cccc2ccccc12. The molecular formula is C23H17N5O. The number of fused-ring (bicyclic) bond motifs is 1. The Morgan fingerprint density at radius 2 is 1.69 bits per heavy atom. The molecule has 140 valence electrons. The summed E-state index contributed by atoms with van der Waals surface area (Å²) >= 11 is 0. The zero-order chi connectivity index (χ0) is 19.6. The van der Waals surface area contributed by atoms with Crippen LogP contribution in [-0.2, 0) is 0 Å². The van der Waals surface area contributed by atoms with E-state index in [1.807, 2.05) is 48.5 Å². The lowest BCUT2D eigenvalue weighted by Crippen LogP contribution is -2.00. The monoisotopic (exact) mass is 379 g/mol. The summed E-state index contributed by atoms with van der Waals surface area (Å²) in [6.45, 7) is 0. The second-order valence-corrected chi connectivity index (χ2v) is 6.53. The minimum absolute atomic E-state index is 0.475. The fourth-order valence-corrected chi connectivity index (χ4v) is 3.41. The van der Waals surface area contributed by atoms with Gasteiger partial charge in [-0.25, -0.2) is 0 Å². The van der Waals surface area contributed by atoms with Gasteiger partial charge in [0.1, 0.15) is 11.4 Å². The van der Waals surface area contributed by atoms with Gasteiger partial charge in [0.15, 0.2) is 0 Å². The summed E-state index contributed by atoms with van der Waals surface area (Å²) < 4.78 is 5.70. The van der Waals surface area contributed by atoms with E-state index < -0.39 is 0 Å². The first-order valence-electron chi connectivity index (χ1n) is 9.21. The van der Waals surface area contributed by atoms with Crippen molar-refractivity contribution in [3.8, 4) is 34.1 Å². The Balaban J connectivity index is 1.58. The summed E-state index contributed by atoms with van der Waals surface area (Å²) in [6, 6.07) is 26.1. The van der Waals surface area contributed by atoms with Crippen LogP contribution >= 0.6 is 0 Å². The van der Waals surface area contributed by atoms with E-state index >= 15 is 0 Å². The second-order valence-electron chi connectivity index (χ2n) is 6.53. The molecule has 2 heterocycles. The minimum Gasteiger partial charge on any atom is -0.496 e. The van der Waals surface area contributed by atoms with Gasteiger partial charge in [0.2, 0.25) is 5.82 Å². The smallest absolute Gasteiger partial charge is 0.223 e. The van der Waals surface area contributed by atoms with Crippen molar-refractivity contribution in [2.45, 2.75) is 0 Å². The first-order valence-corrected chi connectivity index (χ1v) is 9.21. The van der Waals surface area contributed by atoms with E-state index in [0.29, 0.717) is 11.5 Å². The van der Waals surface area contributed by atoms with E-state index in [1.54, 1.807) is 13.3 Å². The summed E-state index contributed by atoms with van der Waals surface area (Å²) in [5.41, 5.74) is 3.57. The highest BCUT2D eigenvalue weighted by Crippen LogP contribution is 2.36. The van der Waals surface area contributed by atoms with E-state index in [4.69, 9.17) is 4.74 Å². The van der Waals surface area contributed by atoms with Gasteiger partial charge >= 0.3 is 0 Å². The van der Waals surface area contributed by atoms with Gasteiger partial charge in [-0.3, -0.25) is 4.98 Å². The molecule has 0 N–H and O–H groups in total. The van der Waals surface area contributed by atoms with Gasteiger partial charge in [0, 0.05) is 17.8 Å². The van der Waals surface area contributed by atoms with Crippen LogP contribution in [0, 0.1) is 0 Å². The quantitative estimate of drug-likeness (QED) is 0.458. The van der Waals surface area contributed by atoms with Crippen LogP contribution in [0.25, 0.3) is 39.1 Å². The minimum atomic E-state index is 0.475. The molecular weight excluding hydrogens is 362 g/mol. The molecule has 6 heteroatoms. The predicted molar refractivity (Wildman–Crippen MR) is 112 cm³/mol. The van der Waals surface area contributed by atoms with Crippen LogP contribution in [0.1, 0.15) is 0 Å². The molecule has 2 aromatic heterocycles. The van der Waals surface area contributed by atoms with Crippen molar-refractivity contribution in [2.24, 2.45) is 0 Å². The number of hydrogen-bond donors (Lipinski definition) is 0. The average Bonchev–Trinajstić information content (AvgIpc) is 3.29. The first kappa shape index (κ1) is 17.1. The van der Waals surface area contributed by atoms with Crippen molar-refractivity contribution in [1.82, 2.24) is 25.2 Å². The maximum Gasteiger partial charge on any atom is 0.223 e. The molecule has 0 radical (unpaired) electrons. The molecule has 0 bridgehead atoms. The van der Waals surface area contributed by atoms with Crippen molar-refractivity contribution in [3.05, 3.63) is 85.1 Å². The number of hydrogen-bond acceptors (Lipinski definition) is 5. The topological polar surface area (TPSA) is 65.7 Å². The van der Waals surface area contributed by atoms with Crippen molar-refractivity contribution >= 4 is 10.8 Å². The molecule has 5 rings (SSSR count). The molecule has 0 saturated heterocycles. The van der Waals surface area contributed by atoms with Crippen LogP contribution in [0.5, 0.6) is 5.75 Å². The highest BCUT2D eigenvalue weighted by Gasteiger charge is 2.13. The second kappa shape index (κ2) is 7.16. The van der Waals surface area contributed by atoms with Gasteiger partial charge in [-0.05, 0) is 45.8 Å². The number of methoxy groups -OCH3 is 1. The molecule has 0 aliphatic heterocycles. The van der Waals surface area contributed by atoms with Crippen LogP contribution in [0.3, 0.4) is 0 Å². The van der Waals surface area contributed by atoms with Crippen LogP contribution in [0.15, 0.2) is 85.1 Å². The number of tetrazole rings is 1. The van der Waals surface area contributed by atoms with Crippen LogP contribution < -0.4 is 4.74 Å². The van der Waals surface area contributed by atoms with Crippen LogP contribution in [0.4, 0.5) is 0 Å². The van der Waals surface area contributed by atoms with Gasteiger partial charge in [-0.15, -0.1) is 15.0 Å². The lowest BCUT2D eigenvalue weighted by atomic mass is 9.97. The molecule has 0 amide bonds. The number of ether oxygens (including phenoxy) is 1. The zero-order valence-corrected chi connectivity index (χ0v) is 15.7. The maximum absolute atomic E-state index is 5.70. The molecule has 0 unspecified atom stereocenters. The average molecular weight is 379 g/mol. The Labute approximate surface area is 167 Å². The summed E-state index contributed by atoms with van der Waals surface area (Å²) in [5, 5.41) is 15.1. The molecule has 29 heavy (non-hydrogen) atoms. The molecule has 3 aromatic carbocycles. The molecule has 6 nitrogen and oxygen atoms in total. The van der Waals surface area contributed by atoms with Crippen molar-refractivity contribution in [1.29, 1.82) is 0 Å². The lowest BCUT2D eigenvalue weighted by Gasteiger charge is -2.12. The van der Waals surface area contributed by atoms with Gasteiger partial charge in [-0.1, -0.05) is 48.5 Å². The molecule has 0 atom stereocenters. The summed E-state index contributed by atoms with van der Waals surface area (Å²) in [6.07, 6.45) is 1.71. The third-order valence-corrected chi connectivity index (χ3v) is 4.80. The Morgan fingerprint density at radius 1 is 0.828 bits per heavy atom. The lowest BCUT2D eigenvalue weighted by molar-refractivity contribution is 0.416. The highest BCUT2D eigenvalue weighted by molar-refractivity contribution is 5.98. The fourth-order valence-electron chi connectivity index (χ4n) is 3.41. The van der Waals surface area contributed by atoms with Crippen LogP contribution in [0.2, 0.25) is 0 Å². The van der Waals surface area contributed by atoms with E-state index in [-0.39, 0.29) is 0 Å². The highest BCUT2D eigenvalue weighted by atomic mass is 16.5. The third-order valence-electron chi connectivity index (χ3n) is 4.80. The van der Waals surface area contributed by atoms with Crippen molar-refractivity contribution < 1.29 is 4.74 Å². The van der Waals surface area contributed by atoms with Gasteiger partial charge in [0.25, 0.3) is 0 Å². The summed E-state index contributed by atoms with van der Waals surface area (Å²) in [7, 11) is 1.67. The summed E-state index contributed by atoms with van der Waals surface area (Å²) in [4.78, 5) is 5.75. The normalized spacial score (nSPS) is 10.9. The largest absolute Gasteiger partial charge is 0.496 e. The van der Waals surface area contributed by atoms with Crippen molar-refractivity contribution in [3.63, 3.8) is 0 Å². The zero-order valence-electron chi connectivity index (χ0n) is 15.7. The predicted octanol–water partition coefficient (Wildman–Crippen LogP) is 4.55. The van der Waals surface area contributed by atoms with Crippen molar-refractivity contribution in [2.75, 3.05) is 7.11 Å². The van der Waals surface area contributed by atoms with Gasteiger partial charge < -0.3 is 4.74 Å². The number of aromatic nitrogens is 5. The summed E-state index contributed by atoms with van der Waals surface area (Å²) in [5.74, 6) is 1.22. The Kier molecular flexibility index (Phi) is 4.22. The van der Waals surface area contributed by atoms with Gasteiger partial charge in [0.05, 0.1) is 12.8 Å². The molecule has 0 aliphatic rings.